The molecule has 0 bridgehead atoms. The molecule has 2 aromatic rings. The van der Waals surface area contributed by atoms with E-state index in [2.05, 4.69) is 10.4 Å². The van der Waals surface area contributed by atoms with Crippen LogP contribution in [0, 0.1) is 18.6 Å². The standard InChI is InChI=1S/C15H18ClF2N3/c1-4-5-21-15(11(16)8-20-21)14(19-3)10-6-9(2)12(17)7-13(10)18/h6-8,14,19H,4-5H2,1-3H3. The Labute approximate surface area is 127 Å². The topological polar surface area (TPSA) is 29.9 Å². The van der Waals surface area contributed by atoms with Crippen LogP contribution in [0.25, 0.3) is 0 Å². The molecule has 6 heteroatoms. The van der Waals surface area contributed by atoms with Gasteiger partial charge in [-0.2, -0.15) is 5.10 Å². The molecule has 1 heterocycles. The lowest BCUT2D eigenvalue weighted by molar-refractivity contribution is 0.509. The van der Waals surface area contributed by atoms with Gasteiger partial charge in [0.2, 0.25) is 0 Å². The summed E-state index contributed by atoms with van der Waals surface area (Å²) in [5.74, 6) is -1.16. The lowest BCUT2D eigenvalue weighted by atomic mass is 10.0. The van der Waals surface area contributed by atoms with Gasteiger partial charge in [0.25, 0.3) is 0 Å². The van der Waals surface area contributed by atoms with E-state index in [9.17, 15) is 8.78 Å². The molecule has 1 aromatic carbocycles. The lowest BCUT2D eigenvalue weighted by Gasteiger charge is -2.20. The van der Waals surface area contributed by atoms with E-state index in [4.69, 9.17) is 11.6 Å². The van der Waals surface area contributed by atoms with Gasteiger partial charge in [0.05, 0.1) is 23.0 Å². The van der Waals surface area contributed by atoms with E-state index < -0.39 is 17.7 Å². The van der Waals surface area contributed by atoms with E-state index in [0.717, 1.165) is 12.5 Å². The third-order valence-electron chi connectivity index (χ3n) is 3.42. The largest absolute Gasteiger partial charge is 0.308 e. The highest BCUT2D eigenvalue weighted by atomic mass is 35.5. The van der Waals surface area contributed by atoms with Gasteiger partial charge in [-0.25, -0.2) is 8.78 Å². The molecule has 1 aromatic heterocycles. The molecule has 2 rings (SSSR count). The second-order valence-corrected chi connectivity index (χ2v) is 5.35. The SMILES string of the molecule is CCCn1ncc(Cl)c1C(NC)c1cc(C)c(F)cc1F. The summed E-state index contributed by atoms with van der Waals surface area (Å²) in [5, 5.41) is 7.72. The summed E-state index contributed by atoms with van der Waals surface area (Å²) in [6.07, 6.45) is 2.43. The molecule has 0 radical (unpaired) electrons. The number of rotatable bonds is 5. The van der Waals surface area contributed by atoms with Gasteiger partial charge in [-0.15, -0.1) is 0 Å². The fourth-order valence-corrected chi connectivity index (χ4v) is 2.64. The number of nitrogens with zero attached hydrogens (tertiary/aromatic N) is 2. The molecule has 0 saturated heterocycles. The average molecular weight is 314 g/mol. The number of benzene rings is 1. The first-order valence-electron chi connectivity index (χ1n) is 6.83. The molecule has 21 heavy (non-hydrogen) atoms. The molecule has 1 unspecified atom stereocenters. The van der Waals surface area contributed by atoms with Crippen LogP contribution >= 0.6 is 11.6 Å². The first-order chi connectivity index (χ1) is 9.99. The van der Waals surface area contributed by atoms with Crippen molar-refractivity contribution in [2.45, 2.75) is 32.9 Å². The van der Waals surface area contributed by atoms with Gasteiger partial charge >= 0.3 is 0 Å². The fourth-order valence-electron chi connectivity index (χ4n) is 2.39. The molecule has 0 amide bonds. The Morgan fingerprint density at radius 3 is 2.67 bits per heavy atom. The zero-order valence-electron chi connectivity index (χ0n) is 12.3. The first kappa shape index (κ1) is 15.9. The molecule has 0 saturated carbocycles. The maximum atomic E-state index is 14.2. The van der Waals surface area contributed by atoms with Crippen molar-refractivity contribution >= 4 is 11.6 Å². The van der Waals surface area contributed by atoms with E-state index in [-0.39, 0.29) is 0 Å². The van der Waals surface area contributed by atoms with Gasteiger partial charge in [-0.1, -0.05) is 18.5 Å². The van der Waals surface area contributed by atoms with Crippen LogP contribution in [0.15, 0.2) is 18.3 Å². The maximum absolute atomic E-state index is 14.2. The minimum Gasteiger partial charge on any atom is -0.308 e. The van der Waals surface area contributed by atoms with Crippen LogP contribution in [0.3, 0.4) is 0 Å². The molecule has 0 spiro atoms. The number of hydrogen-bond donors (Lipinski definition) is 1. The van der Waals surface area contributed by atoms with Gasteiger partial charge in [-0.3, -0.25) is 4.68 Å². The average Bonchev–Trinajstić information content (AvgIpc) is 2.79. The zero-order valence-corrected chi connectivity index (χ0v) is 13.0. The number of nitrogens with one attached hydrogen (secondary N) is 1. The third-order valence-corrected chi connectivity index (χ3v) is 3.71. The van der Waals surface area contributed by atoms with Crippen LogP contribution in [-0.4, -0.2) is 16.8 Å². The van der Waals surface area contributed by atoms with Gasteiger partial charge in [0.15, 0.2) is 0 Å². The molecule has 0 aliphatic heterocycles. The third kappa shape index (κ3) is 3.09. The van der Waals surface area contributed by atoms with Crippen molar-refractivity contribution < 1.29 is 8.78 Å². The monoisotopic (exact) mass is 313 g/mol. The molecule has 114 valence electrons. The molecular formula is C15H18ClF2N3. The highest BCUT2D eigenvalue weighted by Crippen LogP contribution is 2.31. The number of hydrogen-bond acceptors (Lipinski definition) is 2. The summed E-state index contributed by atoms with van der Waals surface area (Å²) in [6, 6.07) is 1.93. The fraction of sp³-hybridized carbons (Fsp3) is 0.400. The molecule has 0 fully saturated rings. The van der Waals surface area contributed by atoms with Crippen LogP contribution in [0.4, 0.5) is 8.78 Å². The van der Waals surface area contributed by atoms with Crippen LogP contribution < -0.4 is 5.32 Å². The van der Waals surface area contributed by atoms with E-state index in [1.807, 2.05) is 6.92 Å². The van der Waals surface area contributed by atoms with Crippen molar-refractivity contribution in [2.24, 2.45) is 0 Å². The summed E-state index contributed by atoms with van der Waals surface area (Å²) in [5.41, 5.74) is 1.44. The van der Waals surface area contributed by atoms with Crippen molar-refractivity contribution in [3.63, 3.8) is 0 Å². The van der Waals surface area contributed by atoms with Gasteiger partial charge in [0.1, 0.15) is 11.6 Å². The Hall–Kier alpha value is -1.46. The smallest absolute Gasteiger partial charge is 0.131 e. The van der Waals surface area contributed by atoms with Gasteiger partial charge in [-0.05, 0) is 32.0 Å². The number of halogens is 3. The Morgan fingerprint density at radius 1 is 1.33 bits per heavy atom. The van der Waals surface area contributed by atoms with Crippen LogP contribution in [-0.2, 0) is 6.54 Å². The minimum atomic E-state index is -0.599. The van der Waals surface area contributed by atoms with Crippen molar-refractivity contribution in [2.75, 3.05) is 7.05 Å². The van der Waals surface area contributed by atoms with Gasteiger partial charge < -0.3 is 5.32 Å². The Kier molecular flexibility index (Phi) is 4.96. The van der Waals surface area contributed by atoms with Gasteiger partial charge in [0, 0.05) is 18.2 Å². The van der Waals surface area contributed by atoms with E-state index in [0.29, 0.717) is 28.4 Å². The minimum absolute atomic E-state index is 0.358. The van der Waals surface area contributed by atoms with E-state index in [1.165, 1.54) is 6.07 Å². The molecular weight excluding hydrogens is 296 g/mol. The summed E-state index contributed by atoms with van der Waals surface area (Å²) < 4.78 is 29.4. The Balaban J connectivity index is 2.55. The summed E-state index contributed by atoms with van der Waals surface area (Å²) in [4.78, 5) is 0. The van der Waals surface area contributed by atoms with Crippen molar-refractivity contribution in [1.29, 1.82) is 0 Å². The zero-order chi connectivity index (χ0) is 15.6. The summed E-state index contributed by atoms with van der Waals surface area (Å²) in [6.45, 7) is 4.31. The number of aromatic nitrogens is 2. The highest BCUT2D eigenvalue weighted by Gasteiger charge is 2.24. The summed E-state index contributed by atoms with van der Waals surface area (Å²) in [7, 11) is 1.71. The molecule has 0 aliphatic carbocycles. The maximum Gasteiger partial charge on any atom is 0.131 e. The van der Waals surface area contributed by atoms with E-state index in [1.54, 1.807) is 24.9 Å². The predicted octanol–water partition coefficient (Wildman–Crippen LogP) is 3.84. The van der Waals surface area contributed by atoms with Crippen LogP contribution in [0.5, 0.6) is 0 Å². The molecule has 1 atom stereocenters. The van der Waals surface area contributed by atoms with Crippen molar-refractivity contribution in [3.8, 4) is 0 Å². The first-order valence-corrected chi connectivity index (χ1v) is 7.21. The normalized spacial score (nSPS) is 12.7. The second-order valence-electron chi connectivity index (χ2n) is 4.95. The second kappa shape index (κ2) is 6.54. The van der Waals surface area contributed by atoms with E-state index >= 15 is 0 Å². The summed E-state index contributed by atoms with van der Waals surface area (Å²) >= 11 is 6.21. The predicted molar refractivity (Wildman–Crippen MR) is 79.5 cm³/mol. The molecule has 0 aliphatic rings. The lowest BCUT2D eigenvalue weighted by Crippen LogP contribution is -2.23. The Morgan fingerprint density at radius 2 is 2.05 bits per heavy atom. The molecule has 1 N–H and O–H groups in total. The van der Waals surface area contributed by atoms with Crippen LogP contribution in [0.1, 0.15) is 36.2 Å². The number of aryl methyl sites for hydroxylation is 2. The quantitative estimate of drug-likeness (QED) is 0.909. The van der Waals surface area contributed by atoms with Crippen molar-refractivity contribution in [1.82, 2.24) is 15.1 Å². The highest BCUT2D eigenvalue weighted by molar-refractivity contribution is 6.31. The molecule has 3 nitrogen and oxygen atoms in total. The van der Waals surface area contributed by atoms with Crippen LogP contribution in [0.2, 0.25) is 5.02 Å². The van der Waals surface area contributed by atoms with Crippen molar-refractivity contribution in [3.05, 3.63) is 51.8 Å². The Bertz CT molecular complexity index is 640.